The summed E-state index contributed by atoms with van der Waals surface area (Å²) in [4.78, 5) is 7.40. The fourth-order valence-electron chi connectivity index (χ4n) is 1.77. The van der Waals surface area contributed by atoms with E-state index in [9.17, 15) is 4.39 Å². The van der Waals surface area contributed by atoms with Gasteiger partial charge in [-0.2, -0.15) is 0 Å². The van der Waals surface area contributed by atoms with E-state index in [1.165, 1.54) is 6.07 Å². The SMILES string of the molecule is Fc1c(Cl)cccc1-c1nc2ccccc2[nH]1. The van der Waals surface area contributed by atoms with Crippen LogP contribution >= 0.6 is 11.6 Å². The monoisotopic (exact) mass is 246 g/mol. The Morgan fingerprint density at radius 1 is 1.06 bits per heavy atom. The van der Waals surface area contributed by atoms with Crippen molar-refractivity contribution in [2.45, 2.75) is 0 Å². The van der Waals surface area contributed by atoms with Gasteiger partial charge in [0.15, 0.2) is 5.82 Å². The molecule has 1 heterocycles. The van der Waals surface area contributed by atoms with E-state index in [0.29, 0.717) is 11.4 Å². The smallest absolute Gasteiger partial charge is 0.152 e. The summed E-state index contributed by atoms with van der Waals surface area (Å²) in [6, 6.07) is 12.4. The number of aromatic nitrogens is 2. The average Bonchev–Trinajstić information content (AvgIpc) is 2.76. The molecule has 1 aromatic heterocycles. The van der Waals surface area contributed by atoms with Crippen molar-refractivity contribution in [3.05, 3.63) is 53.3 Å². The molecule has 0 amide bonds. The van der Waals surface area contributed by atoms with Crippen molar-refractivity contribution >= 4 is 22.6 Å². The molecular formula is C13H8ClFN2. The molecule has 0 radical (unpaired) electrons. The Bertz CT molecular complexity index is 658. The second-order valence-corrected chi connectivity index (χ2v) is 4.11. The first-order chi connectivity index (χ1) is 8.25. The van der Waals surface area contributed by atoms with E-state index < -0.39 is 5.82 Å². The van der Waals surface area contributed by atoms with Gasteiger partial charge >= 0.3 is 0 Å². The Morgan fingerprint density at radius 2 is 1.88 bits per heavy atom. The van der Waals surface area contributed by atoms with Gasteiger partial charge in [0.25, 0.3) is 0 Å². The summed E-state index contributed by atoms with van der Waals surface area (Å²) in [5.41, 5.74) is 2.07. The van der Waals surface area contributed by atoms with Crippen LogP contribution in [0.5, 0.6) is 0 Å². The van der Waals surface area contributed by atoms with E-state index in [1.807, 2.05) is 24.3 Å². The lowest BCUT2D eigenvalue weighted by atomic mass is 10.2. The van der Waals surface area contributed by atoms with Gasteiger partial charge in [0.05, 0.1) is 21.6 Å². The molecule has 0 unspecified atom stereocenters. The number of fused-ring (bicyclic) bond motifs is 1. The number of hydrogen-bond donors (Lipinski definition) is 1. The lowest BCUT2D eigenvalue weighted by Crippen LogP contribution is -1.86. The molecule has 2 nitrogen and oxygen atoms in total. The Hall–Kier alpha value is -1.87. The second kappa shape index (κ2) is 3.86. The van der Waals surface area contributed by atoms with Gasteiger partial charge in [-0.25, -0.2) is 9.37 Å². The second-order valence-electron chi connectivity index (χ2n) is 3.70. The third-order valence-corrected chi connectivity index (χ3v) is 2.89. The molecule has 2 aromatic carbocycles. The highest BCUT2D eigenvalue weighted by molar-refractivity contribution is 6.31. The van der Waals surface area contributed by atoms with E-state index in [-0.39, 0.29) is 5.02 Å². The molecule has 0 atom stereocenters. The van der Waals surface area contributed by atoms with Crippen LogP contribution in [0, 0.1) is 5.82 Å². The molecule has 0 saturated carbocycles. The van der Waals surface area contributed by atoms with Crippen LogP contribution in [0.1, 0.15) is 0 Å². The van der Waals surface area contributed by atoms with Crippen LogP contribution in [-0.2, 0) is 0 Å². The Balaban J connectivity index is 2.24. The molecule has 84 valence electrons. The summed E-state index contributed by atoms with van der Waals surface area (Å²) in [5.74, 6) is 0.0411. The van der Waals surface area contributed by atoms with Gasteiger partial charge in [-0.05, 0) is 24.3 Å². The summed E-state index contributed by atoms with van der Waals surface area (Å²) in [6.07, 6.45) is 0. The third-order valence-electron chi connectivity index (χ3n) is 2.60. The molecular weight excluding hydrogens is 239 g/mol. The predicted octanol–water partition coefficient (Wildman–Crippen LogP) is 4.02. The first-order valence-corrected chi connectivity index (χ1v) is 5.52. The first-order valence-electron chi connectivity index (χ1n) is 5.15. The van der Waals surface area contributed by atoms with Crippen molar-refractivity contribution in [2.24, 2.45) is 0 Å². The Labute approximate surface area is 102 Å². The third kappa shape index (κ3) is 1.68. The van der Waals surface area contributed by atoms with Gasteiger partial charge in [0.2, 0.25) is 0 Å². The van der Waals surface area contributed by atoms with Gasteiger partial charge in [-0.15, -0.1) is 0 Å². The molecule has 0 fully saturated rings. The number of para-hydroxylation sites is 2. The van der Waals surface area contributed by atoms with Crippen LogP contribution in [0.15, 0.2) is 42.5 Å². The fourth-order valence-corrected chi connectivity index (χ4v) is 1.94. The minimum Gasteiger partial charge on any atom is -0.338 e. The first kappa shape index (κ1) is 10.3. The highest BCUT2D eigenvalue weighted by Gasteiger charge is 2.11. The van der Waals surface area contributed by atoms with E-state index in [2.05, 4.69) is 9.97 Å². The predicted molar refractivity (Wildman–Crippen MR) is 66.5 cm³/mol. The molecule has 3 aromatic rings. The maximum Gasteiger partial charge on any atom is 0.152 e. The zero-order valence-electron chi connectivity index (χ0n) is 8.74. The molecule has 17 heavy (non-hydrogen) atoms. The van der Waals surface area contributed by atoms with Gasteiger partial charge in [0, 0.05) is 0 Å². The number of benzene rings is 2. The molecule has 0 saturated heterocycles. The van der Waals surface area contributed by atoms with Crippen molar-refractivity contribution in [1.82, 2.24) is 9.97 Å². The zero-order chi connectivity index (χ0) is 11.8. The number of halogens is 2. The molecule has 4 heteroatoms. The minimum atomic E-state index is -0.451. The number of hydrogen-bond acceptors (Lipinski definition) is 1. The Kier molecular flexibility index (Phi) is 2.34. The number of H-pyrrole nitrogens is 1. The van der Waals surface area contributed by atoms with Gasteiger partial charge in [-0.1, -0.05) is 29.8 Å². The number of nitrogens with zero attached hydrogens (tertiary/aromatic N) is 1. The van der Waals surface area contributed by atoms with E-state index in [1.54, 1.807) is 12.1 Å². The number of nitrogens with one attached hydrogen (secondary N) is 1. The summed E-state index contributed by atoms with van der Waals surface area (Å²) in [6.45, 7) is 0. The molecule has 0 aliphatic rings. The summed E-state index contributed by atoms with van der Waals surface area (Å²) in [7, 11) is 0. The van der Waals surface area contributed by atoms with Crippen molar-refractivity contribution in [2.75, 3.05) is 0 Å². The number of aromatic amines is 1. The summed E-state index contributed by atoms with van der Waals surface area (Å²) >= 11 is 5.75. The number of imidazole rings is 1. The summed E-state index contributed by atoms with van der Waals surface area (Å²) in [5, 5.41) is 0.1000. The molecule has 0 aliphatic carbocycles. The average molecular weight is 247 g/mol. The molecule has 1 N–H and O–H groups in total. The van der Waals surface area contributed by atoms with Crippen molar-refractivity contribution in [3.8, 4) is 11.4 Å². The molecule has 0 aliphatic heterocycles. The van der Waals surface area contributed by atoms with Crippen LogP contribution in [0.2, 0.25) is 5.02 Å². The largest absolute Gasteiger partial charge is 0.338 e. The van der Waals surface area contributed by atoms with E-state index >= 15 is 0 Å². The standard InChI is InChI=1S/C13H8ClFN2/c14-9-5-3-4-8(12(9)15)13-16-10-6-1-2-7-11(10)17-13/h1-7H,(H,16,17). The highest BCUT2D eigenvalue weighted by Crippen LogP contribution is 2.27. The van der Waals surface area contributed by atoms with Gasteiger partial charge in [-0.3, -0.25) is 0 Å². The normalized spacial score (nSPS) is 10.9. The molecule has 3 rings (SSSR count). The van der Waals surface area contributed by atoms with Crippen molar-refractivity contribution in [3.63, 3.8) is 0 Å². The van der Waals surface area contributed by atoms with Crippen LogP contribution < -0.4 is 0 Å². The number of rotatable bonds is 1. The van der Waals surface area contributed by atoms with Crippen LogP contribution in [-0.4, -0.2) is 9.97 Å². The minimum absolute atomic E-state index is 0.1000. The molecule has 0 bridgehead atoms. The maximum absolute atomic E-state index is 13.8. The van der Waals surface area contributed by atoms with Crippen LogP contribution in [0.4, 0.5) is 4.39 Å². The quantitative estimate of drug-likeness (QED) is 0.690. The van der Waals surface area contributed by atoms with Gasteiger partial charge < -0.3 is 4.98 Å². The van der Waals surface area contributed by atoms with Crippen molar-refractivity contribution in [1.29, 1.82) is 0 Å². The Morgan fingerprint density at radius 3 is 2.71 bits per heavy atom. The van der Waals surface area contributed by atoms with E-state index in [4.69, 9.17) is 11.6 Å². The maximum atomic E-state index is 13.8. The van der Waals surface area contributed by atoms with Crippen molar-refractivity contribution < 1.29 is 4.39 Å². The van der Waals surface area contributed by atoms with Gasteiger partial charge in [0.1, 0.15) is 5.82 Å². The fraction of sp³-hybridized carbons (Fsp3) is 0. The van der Waals surface area contributed by atoms with E-state index in [0.717, 1.165) is 11.0 Å². The topological polar surface area (TPSA) is 28.7 Å². The van der Waals surface area contributed by atoms with Crippen LogP contribution in [0.25, 0.3) is 22.4 Å². The zero-order valence-corrected chi connectivity index (χ0v) is 9.50. The lowest BCUT2D eigenvalue weighted by Gasteiger charge is -2.00. The van der Waals surface area contributed by atoms with Crippen LogP contribution in [0.3, 0.4) is 0 Å². The molecule has 0 spiro atoms. The summed E-state index contributed by atoms with van der Waals surface area (Å²) < 4.78 is 13.8. The lowest BCUT2D eigenvalue weighted by molar-refractivity contribution is 0.630. The highest BCUT2D eigenvalue weighted by atomic mass is 35.5.